The van der Waals surface area contributed by atoms with E-state index in [-0.39, 0.29) is 0 Å². The Hall–Kier alpha value is -5.72. The highest BCUT2D eigenvalue weighted by Crippen LogP contribution is 2.28. The van der Waals surface area contributed by atoms with Crippen molar-refractivity contribution in [2.75, 3.05) is 0 Å². The highest BCUT2D eigenvalue weighted by atomic mass is 14.1. The Kier molecular flexibility index (Phi) is 26.4. The largest absolute Gasteiger partial charge is 0.0911 e. The van der Waals surface area contributed by atoms with E-state index in [2.05, 4.69) is 218 Å². The van der Waals surface area contributed by atoms with Gasteiger partial charge >= 0.3 is 0 Å². The van der Waals surface area contributed by atoms with Crippen LogP contribution in [0.15, 0.2) is 176 Å². The van der Waals surface area contributed by atoms with Gasteiger partial charge in [0, 0.05) is 0 Å². The van der Waals surface area contributed by atoms with Gasteiger partial charge in [-0.3, -0.25) is 0 Å². The van der Waals surface area contributed by atoms with E-state index >= 15 is 0 Å². The maximum atomic E-state index is 4.31. The maximum Gasteiger partial charge on any atom is -0.00195 e. The van der Waals surface area contributed by atoms with Crippen molar-refractivity contribution in [3.63, 3.8) is 0 Å². The van der Waals surface area contributed by atoms with Crippen LogP contribution in [0, 0.1) is 13.8 Å². The minimum atomic E-state index is 0.659. The van der Waals surface area contributed by atoms with Crippen LogP contribution < -0.4 is 0 Å². The molecule has 0 spiro atoms. The molecule has 0 aliphatic heterocycles. The number of allylic oxidation sites excluding steroid dienone is 5. The molecular formula is C59H74. The minimum absolute atomic E-state index is 0.659. The molecule has 0 aliphatic carbocycles. The molecule has 0 heteroatoms. The van der Waals surface area contributed by atoms with Crippen molar-refractivity contribution in [3.8, 4) is 11.1 Å². The van der Waals surface area contributed by atoms with Gasteiger partial charge in [-0.05, 0) is 114 Å². The van der Waals surface area contributed by atoms with Crippen molar-refractivity contribution >= 4 is 23.3 Å². The summed E-state index contributed by atoms with van der Waals surface area (Å²) in [6.07, 6.45) is 11.6. The first-order valence-electron chi connectivity index (χ1n) is 21.8. The Labute approximate surface area is 361 Å². The minimum Gasteiger partial charge on any atom is -0.0911 e. The summed E-state index contributed by atoms with van der Waals surface area (Å²) in [7, 11) is 0. The number of benzene rings is 6. The third kappa shape index (κ3) is 18.6. The quantitative estimate of drug-likeness (QED) is 0.128. The summed E-state index contributed by atoms with van der Waals surface area (Å²) in [6, 6.07) is 53.6. The molecule has 6 aromatic carbocycles. The molecule has 0 nitrogen and oxygen atoms in total. The van der Waals surface area contributed by atoms with Crippen LogP contribution >= 0.6 is 0 Å². The summed E-state index contributed by atoms with van der Waals surface area (Å²) in [5.74, 6) is 0.659. The summed E-state index contributed by atoms with van der Waals surface area (Å²) in [5.41, 5.74) is 16.4. The molecule has 59 heavy (non-hydrogen) atoms. The van der Waals surface area contributed by atoms with Crippen molar-refractivity contribution in [2.24, 2.45) is 0 Å². The van der Waals surface area contributed by atoms with Crippen LogP contribution in [0.1, 0.15) is 132 Å². The number of aryl methyl sites for hydroxylation is 2. The first-order valence-corrected chi connectivity index (χ1v) is 21.8. The summed E-state index contributed by atoms with van der Waals surface area (Å²) in [6.45, 7) is 31.3. The van der Waals surface area contributed by atoms with E-state index in [1.807, 2.05) is 60.6 Å². The average Bonchev–Trinajstić information content (AvgIpc) is 3.28. The summed E-state index contributed by atoms with van der Waals surface area (Å²) in [4.78, 5) is 0. The van der Waals surface area contributed by atoms with Crippen molar-refractivity contribution < 1.29 is 0 Å². The zero-order valence-corrected chi connectivity index (χ0v) is 38.8. The molecule has 0 N–H and O–H groups in total. The van der Waals surface area contributed by atoms with Gasteiger partial charge in [0.1, 0.15) is 0 Å². The van der Waals surface area contributed by atoms with E-state index in [9.17, 15) is 0 Å². The van der Waals surface area contributed by atoms with Crippen LogP contribution in [0.4, 0.5) is 0 Å². The van der Waals surface area contributed by atoms with Crippen molar-refractivity contribution in [3.05, 3.63) is 227 Å². The molecule has 0 atom stereocenters. The lowest BCUT2D eigenvalue weighted by atomic mass is 9.94. The third-order valence-corrected chi connectivity index (χ3v) is 9.14. The van der Waals surface area contributed by atoms with Crippen molar-refractivity contribution in [1.29, 1.82) is 0 Å². The van der Waals surface area contributed by atoms with Crippen LogP contribution in [-0.2, 0) is 6.42 Å². The van der Waals surface area contributed by atoms with Crippen molar-refractivity contribution in [2.45, 2.75) is 102 Å². The van der Waals surface area contributed by atoms with E-state index in [1.54, 1.807) is 0 Å². The number of rotatable bonds is 9. The summed E-state index contributed by atoms with van der Waals surface area (Å²) < 4.78 is 0. The number of hydrogen-bond acceptors (Lipinski definition) is 0. The molecule has 0 aliphatic rings. The van der Waals surface area contributed by atoms with Gasteiger partial charge in [0.15, 0.2) is 0 Å². The van der Waals surface area contributed by atoms with Gasteiger partial charge in [-0.15, -0.1) is 0 Å². The zero-order valence-electron chi connectivity index (χ0n) is 38.8. The molecule has 0 fully saturated rings. The van der Waals surface area contributed by atoms with Gasteiger partial charge in [-0.2, -0.15) is 0 Å². The summed E-state index contributed by atoms with van der Waals surface area (Å²) in [5, 5.41) is 0. The Balaban J connectivity index is 0.000000565. The van der Waals surface area contributed by atoms with Crippen LogP contribution in [0.2, 0.25) is 0 Å². The van der Waals surface area contributed by atoms with E-state index in [4.69, 9.17) is 0 Å². The predicted octanol–water partition coefficient (Wildman–Crippen LogP) is 18.3. The van der Waals surface area contributed by atoms with E-state index in [0.717, 1.165) is 17.6 Å². The molecule has 6 aromatic rings. The molecule has 0 saturated carbocycles. The van der Waals surface area contributed by atoms with Gasteiger partial charge in [0.25, 0.3) is 0 Å². The van der Waals surface area contributed by atoms with E-state index in [0.29, 0.717) is 5.92 Å². The predicted molar refractivity (Wildman–Crippen MR) is 270 cm³/mol. The van der Waals surface area contributed by atoms with Gasteiger partial charge < -0.3 is 0 Å². The second-order valence-corrected chi connectivity index (χ2v) is 13.8. The lowest BCUT2D eigenvalue weighted by Gasteiger charge is -2.11. The molecule has 0 heterocycles. The fraction of sp³-hybridized carbons (Fsp3) is 0.254. The highest BCUT2D eigenvalue weighted by molar-refractivity contribution is 5.83. The van der Waals surface area contributed by atoms with Crippen LogP contribution in [-0.4, -0.2) is 0 Å². The van der Waals surface area contributed by atoms with Gasteiger partial charge in [-0.25, -0.2) is 0 Å². The molecule has 0 amide bonds. The van der Waals surface area contributed by atoms with E-state index < -0.39 is 0 Å². The Morgan fingerprint density at radius 1 is 0.542 bits per heavy atom. The Morgan fingerprint density at radius 3 is 1.59 bits per heavy atom. The molecule has 0 radical (unpaired) electrons. The van der Waals surface area contributed by atoms with Crippen LogP contribution in [0.5, 0.6) is 0 Å². The highest BCUT2D eigenvalue weighted by Gasteiger charge is 2.07. The smallest absolute Gasteiger partial charge is 0.00195 e. The Morgan fingerprint density at radius 2 is 1.05 bits per heavy atom. The molecule has 310 valence electrons. The first-order chi connectivity index (χ1) is 28.7. The topological polar surface area (TPSA) is 0 Å². The van der Waals surface area contributed by atoms with Crippen LogP contribution in [0.25, 0.3) is 34.4 Å². The van der Waals surface area contributed by atoms with Gasteiger partial charge in [0.05, 0.1) is 0 Å². The molecular weight excluding hydrogens is 709 g/mol. The number of hydrogen-bond donors (Lipinski definition) is 0. The lowest BCUT2D eigenvalue weighted by Crippen LogP contribution is -1.93. The standard InChI is InChI=1S/C34H32.C10H12.C9H12.3C2H6/c1-5-11-31-14-9-10-15-33(31)23-28-20-25(2)21-34(24-28)32-18-16-30(17-19-32)27(4)22-26(3)29-12-7-6-8-13-29;1-3-6-10-8-5-4-7-9(10)2;1-8(2)9-6-4-3-5-7-9;3*1-2/h5-22,24H,4,23H2,1-3H3;3-8H,1-2H3;3-8H,1-2H3;3*1-2H3/b11-5-,26-22+;6-3-;;;;. The van der Waals surface area contributed by atoms with Crippen LogP contribution in [0.3, 0.4) is 0 Å². The van der Waals surface area contributed by atoms with Gasteiger partial charge in [0.2, 0.25) is 0 Å². The zero-order chi connectivity index (χ0) is 44.0. The molecule has 0 bridgehead atoms. The van der Waals surface area contributed by atoms with E-state index in [1.165, 1.54) is 61.2 Å². The second kappa shape index (κ2) is 30.4. The van der Waals surface area contributed by atoms with Crippen molar-refractivity contribution in [1.82, 2.24) is 0 Å². The average molecular weight is 783 g/mol. The second-order valence-electron chi connectivity index (χ2n) is 13.8. The summed E-state index contributed by atoms with van der Waals surface area (Å²) >= 11 is 0. The SMILES string of the molecule is C/C=C\c1ccccc1C.C=C(/C=C(\C)c1ccccc1)c1ccc(-c2cc(C)cc(Cc3ccccc3/C=C\C)c2)cc1.CC.CC.CC.CC(C)c1ccccc1. The fourth-order valence-corrected chi connectivity index (χ4v) is 6.19. The normalized spacial score (nSPS) is 10.4. The molecule has 0 aromatic heterocycles. The maximum absolute atomic E-state index is 4.31. The molecule has 0 saturated heterocycles. The molecule has 6 rings (SSSR count). The molecule has 0 unspecified atom stereocenters. The fourth-order valence-electron chi connectivity index (χ4n) is 6.19. The lowest BCUT2D eigenvalue weighted by molar-refractivity contribution is 0.867. The Bertz CT molecular complexity index is 2100. The monoisotopic (exact) mass is 783 g/mol. The third-order valence-electron chi connectivity index (χ3n) is 9.14. The van der Waals surface area contributed by atoms with Gasteiger partial charge in [-0.1, -0.05) is 250 Å². The first kappa shape index (κ1) is 51.3.